The summed E-state index contributed by atoms with van der Waals surface area (Å²) in [5, 5.41) is 0.639. The average Bonchev–Trinajstić information content (AvgIpc) is 3.44. The van der Waals surface area contributed by atoms with Gasteiger partial charge in [0.25, 0.3) is 5.56 Å². The second kappa shape index (κ2) is 17.4. The van der Waals surface area contributed by atoms with Gasteiger partial charge in [0.2, 0.25) is 0 Å². The maximum absolute atomic E-state index is 14.5. The number of carbonyl (C=O) groups excluding carboxylic acids is 2. The van der Waals surface area contributed by atoms with Crippen LogP contribution >= 0.6 is 22.9 Å². The van der Waals surface area contributed by atoms with Crippen molar-refractivity contribution >= 4 is 46.6 Å². The lowest BCUT2D eigenvalue weighted by Crippen LogP contribution is -2.40. The van der Waals surface area contributed by atoms with Gasteiger partial charge in [0.1, 0.15) is 12.4 Å². The summed E-state index contributed by atoms with van der Waals surface area (Å²) in [5.74, 6) is 0.106. The van der Waals surface area contributed by atoms with Gasteiger partial charge in [-0.1, -0.05) is 41.1 Å². The van der Waals surface area contributed by atoms with E-state index in [1.165, 1.54) is 23.0 Å². The third-order valence-corrected chi connectivity index (χ3v) is 9.63. The normalized spacial score (nSPS) is 14.0. The molecule has 0 bridgehead atoms. The number of methoxy groups -OCH3 is 1. The first-order chi connectivity index (χ1) is 25.1. The molecule has 0 N–H and O–H groups in total. The van der Waals surface area contributed by atoms with Gasteiger partial charge in [0.05, 0.1) is 42.2 Å². The molecule has 0 radical (unpaired) electrons. The maximum atomic E-state index is 14.5. The molecule has 13 heteroatoms. The molecule has 0 amide bonds. The molecule has 274 valence electrons. The molecule has 0 fully saturated rings. The highest BCUT2D eigenvalue weighted by Gasteiger charge is 2.34. The minimum atomic E-state index is -0.892. The van der Waals surface area contributed by atoms with Gasteiger partial charge in [-0.15, -0.1) is 0 Å². The summed E-state index contributed by atoms with van der Waals surface area (Å²) in [7, 11) is 1.27. The van der Waals surface area contributed by atoms with Crippen LogP contribution in [0.4, 0.5) is 5.69 Å². The molecule has 1 aliphatic rings. The maximum Gasteiger partial charge on any atom is 0.343 e. The fraction of sp³-hybridized carbons (Fsp3) is 0.333. The van der Waals surface area contributed by atoms with Gasteiger partial charge >= 0.3 is 11.9 Å². The molecule has 0 aliphatic carbocycles. The van der Waals surface area contributed by atoms with Crippen molar-refractivity contribution in [1.82, 2.24) is 4.57 Å². The van der Waals surface area contributed by atoms with Crippen LogP contribution in [-0.4, -0.2) is 56.5 Å². The molecule has 0 saturated heterocycles. The van der Waals surface area contributed by atoms with E-state index in [1.807, 2.05) is 49.4 Å². The van der Waals surface area contributed by atoms with Gasteiger partial charge < -0.3 is 28.6 Å². The Morgan fingerprint density at radius 3 is 2.35 bits per heavy atom. The SMILES string of the molecule is CCOC(=O)C1=C(C)N=c2s/c(=C/c3ccc(N(CC)CC)cc3OCc3ccc(Cl)cc3)c(=O)n2[C@@H]1c1ccc(OCC(=O)OC)c(OCC)c1. The summed E-state index contributed by atoms with van der Waals surface area (Å²) >= 11 is 7.32. The minimum Gasteiger partial charge on any atom is -0.490 e. The number of allylic oxidation sites excluding steroid dienone is 1. The second-order valence-corrected chi connectivity index (χ2v) is 13.1. The van der Waals surface area contributed by atoms with Gasteiger partial charge in [-0.3, -0.25) is 9.36 Å². The van der Waals surface area contributed by atoms with Crippen molar-refractivity contribution in [2.75, 3.05) is 44.9 Å². The topological polar surface area (TPSA) is 118 Å². The van der Waals surface area contributed by atoms with Crippen LogP contribution in [0.25, 0.3) is 6.08 Å². The van der Waals surface area contributed by atoms with E-state index in [9.17, 15) is 14.4 Å². The highest BCUT2D eigenvalue weighted by Crippen LogP contribution is 2.36. The highest BCUT2D eigenvalue weighted by molar-refractivity contribution is 7.07. The van der Waals surface area contributed by atoms with Crippen molar-refractivity contribution < 1.29 is 33.3 Å². The standard InChI is InChI=1S/C39H42ClN3O8S/c1-7-42(8-2)29-17-13-26(31(21-29)50-22-25-11-15-28(40)16-12-25)20-33-37(45)43-36(35(38(46)49-10-4)24(5)41-39(43)52-33)27-14-18-30(32(19-27)48-9-3)51-23-34(44)47-6/h11-21,36H,7-10,22-23H2,1-6H3/b33-20+/t36-/m1/s1. The summed E-state index contributed by atoms with van der Waals surface area (Å²) in [6, 6.07) is 17.6. The van der Waals surface area contributed by atoms with E-state index in [4.69, 9.17) is 40.3 Å². The molecule has 52 heavy (non-hydrogen) atoms. The Kier molecular flexibility index (Phi) is 12.8. The molecule has 1 atom stereocenters. The Hall–Kier alpha value is -5.07. The number of hydrogen-bond donors (Lipinski definition) is 0. The number of fused-ring (bicyclic) bond motifs is 1. The van der Waals surface area contributed by atoms with E-state index in [0.717, 1.165) is 24.3 Å². The number of benzene rings is 3. The van der Waals surface area contributed by atoms with Crippen LogP contribution in [0.1, 0.15) is 57.4 Å². The molecule has 0 spiro atoms. The van der Waals surface area contributed by atoms with Crippen molar-refractivity contribution in [2.24, 2.45) is 4.99 Å². The number of halogens is 1. The molecule has 11 nitrogen and oxygen atoms in total. The first kappa shape index (κ1) is 38.2. The molecule has 1 aliphatic heterocycles. The predicted molar refractivity (Wildman–Crippen MR) is 201 cm³/mol. The lowest BCUT2D eigenvalue weighted by Gasteiger charge is -2.25. The van der Waals surface area contributed by atoms with Gasteiger partial charge in [-0.2, -0.15) is 0 Å². The molecule has 5 rings (SSSR count). The number of esters is 2. The van der Waals surface area contributed by atoms with Crippen LogP contribution in [0.15, 0.2) is 81.7 Å². The number of ether oxygens (including phenoxy) is 5. The number of hydrogen-bond acceptors (Lipinski definition) is 11. The van der Waals surface area contributed by atoms with Crippen LogP contribution in [0.3, 0.4) is 0 Å². The van der Waals surface area contributed by atoms with Crippen LogP contribution < -0.4 is 34.0 Å². The molecule has 0 saturated carbocycles. The second-order valence-electron chi connectivity index (χ2n) is 11.6. The summed E-state index contributed by atoms with van der Waals surface area (Å²) in [6.45, 7) is 11.5. The lowest BCUT2D eigenvalue weighted by molar-refractivity contribution is -0.143. The number of thiazole rings is 1. The zero-order valence-corrected chi connectivity index (χ0v) is 31.6. The Morgan fingerprint density at radius 1 is 0.923 bits per heavy atom. The van der Waals surface area contributed by atoms with E-state index in [1.54, 1.807) is 38.1 Å². The van der Waals surface area contributed by atoms with Crippen molar-refractivity contribution in [2.45, 2.75) is 47.3 Å². The van der Waals surface area contributed by atoms with E-state index < -0.39 is 18.0 Å². The van der Waals surface area contributed by atoms with Gasteiger partial charge in [0.15, 0.2) is 22.9 Å². The minimum absolute atomic E-state index is 0.138. The molecule has 3 aromatic carbocycles. The average molecular weight is 748 g/mol. The fourth-order valence-corrected chi connectivity index (χ4v) is 6.98. The predicted octanol–water partition coefficient (Wildman–Crippen LogP) is 5.83. The first-order valence-electron chi connectivity index (χ1n) is 17.0. The number of aromatic nitrogens is 1. The molecule has 1 aromatic heterocycles. The largest absolute Gasteiger partial charge is 0.490 e. The van der Waals surface area contributed by atoms with Crippen molar-refractivity contribution in [1.29, 1.82) is 0 Å². The molecular formula is C39H42ClN3O8S. The summed E-state index contributed by atoms with van der Waals surface area (Å²) in [5.41, 5.74) is 3.51. The number of anilines is 1. The fourth-order valence-electron chi connectivity index (χ4n) is 5.82. The summed E-state index contributed by atoms with van der Waals surface area (Å²) < 4.78 is 30.0. The van der Waals surface area contributed by atoms with Crippen LogP contribution in [0, 0.1) is 0 Å². The van der Waals surface area contributed by atoms with Crippen LogP contribution in [0.2, 0.25) is 5.02 Å². The molecular weight excluding hydrogens is 706 g/mol. The third-order valence-electron chi connectivity index (χ3n) is 8.39. The summed E-state index contributed by atoms with van der Waals surface area (Å²) in [4.78, 5) is 47.1. The van der Waals surface area contributed by atoms with Gasteiger partial charge in [-0.05, 0) is 88.2 Å². The van der Waals surface area contributed by atoms with E-state index in [0.29, 0.717) is 61.6 Å². The quantitative estimate of drug-likeness (QED) is 0.139. The highest BCUT2D eigenvalue weighted by atomic mass is 35.5. The zero-order valence-electron chi connectivity index (χ0n) is 30.1. The third kappa shape index (κ3) is 8.51. The Morgan fingerprint density at radius 2 is 1.67 bits per heavy atom. The number of rotatable bonds is 15. The zero-order chi connectivity index (χ0) is 37.4. The van der Waals surface area contributed by atoms with Gasteiger partial charge in [-0.25, -0.2) is 14.6 Å². The molecule has 4 aromatic rings. The lowest BCUT2D eigenvalue weighted by atomic mass is 9.95. The van der Waals surface area contributed by atoms with E-state index >= 15 is 0 Å². The van der Waals surface area contributed by atoms with Crippen LogP contribution in [-0.2, 0) is 25.7 Å². The number of carbonyl (C=O) groups is 2. The Labute approximate surface area is 311 Å². The van der Waals surface area contributed by atoms with Crippen LogP contribution in [0.5, 0.6) is 17.2 Å². The first-order valence-corrected chi connectivity index (χ1v) is 18.2. The van der Waals surface area contributed by atoms with Crippen molar-refractivity contribution in [3.63, 3.8) is 0 Å². The summed E-state index contributed by atoms with van der Waals surface area (Å²) in [6.07, 6.45) is 1.79. The van der Waals surface area contributed by atoms with Gasteiger partial charge in [0, 0.05) is 35.4 Å². The monoisotopic (exact) mass is 747 g/mol. The number of nitrogens with zero attached hydrogens (tertiary/aromatic N) is 3. The van der Waals surface area contributed by atoms with E-state index in [2.05, 4.69) is 18.7 Å². The molecule has 2 heterocycles. The Balaban J connectivity index is 1.64. The van der Waals surface area contributed by atoms with E-state index in [-0.39, 0.29) is 24.3 Å². The Bertz CT molecular complexity index is 2140. The molecule has 0 unspecified atom stereocenters. The smallest absolute Gasteiger partial charge is 0.343 e. The van der Waals surface area contributed by atoms with Crippen molar-refractivity contribution in [3.8, 4) is 17.2 Å². The van der Waals surface area contributed by atoms with Crippen molar-refractivity contribution in [3.05, 3.63) is 113 Å².